The first kappa shape index (κ1) is 23.0. The van der Waals surface area contributed by atoms with Crippen molar-refractivity contribution in [3.05, 3.63) is 65.4 Å². The molecular weight excluding hydrogens is 431 g/mol. The number of nitriles is 1. The van der Waals surface area contributed by atoms with E-state index in [1.54, 1.807) is 38.2 Å². The number of H-pyrrole nitrogens is 1. The van der Waals surface area contributed by atoms with Crippen LogP contribution in [0.3, 0.4) is 0 Å². The number of anilines is 1. The number of aromatic nitrogens is 6. The van der Waals surface area contributed by atoms with Crippen LogP contribution in [0.2, 0.25) is 0 Å². The zero-order chi connectivity index (χ0) is 24.2. The molecule has 0 radical (unpaired) electrons. The first-order valence-electron chi connectivity index (χ1n) is 11.2. The molecule has 34 heavy (non-hydrogen) atoms. The number of fused-ring (bicyclic) bond motifs is 1. The Morgan fingerprint density at radius 1 is 1.12 bits per heavy atom. The molecule has 9 heteroatoms. The van der Waals surface area contributed by atoms with Crippen LogP contribution in [-0.2, 0) is 6.54 Å². The Labute approximate surface area is 197 Å². The van der Waals surface area contributed by atoms with E-state index in [1.165, 1.54) is 4.68 Å². The molecule has 8 nitrogen and oxygen atoms in total. The molecule has 1 aromatic carbocycles. The lowest BCUT2D eigenvalue weighted by atomic mass is 10.1. The number of benzene rings is 1. The normalized spacial score (nSPS) is 10.9. The van der Waals surface area contributed by atoms with Gasteiger partial charge >= 0.3 is 0 Å². The molecule has 174 valence electrons. The van der Waals surface area contributed by atoms with Gasteiger partial charge in [0.25, 0.3) is 0 Å². The van der Waals surface area contributed by atoms with Crippen molar-refractivity contribution in [3.8, 4) is 23.1 Å². The summed E-state index contributed by atoms with van der Waals surface area (Å²) >= 11 is 0. The Bertz CT molecular complexity index is 1420. The first-order chi connectivity index (χ1) is 16.4. The summed E-state index contributed by atoms with van der Waals surface area (Å²) in [5, 5.41) is 19.1. The van der Waals surface area contributed by atoms with E-state index >= 15 is 0 Å². The van der Waals surface area contributed by atoms with E-state index in [2.05, 4.69) is 28.1 Å². The molecule has 0 spiro atoms. The third-order valence-corrected chi connectivity index (χ3v) is 5.67. The molecule has 3 heterocycles. The average Bonchev–Trinajstić information content (AvgIpc) is 3.32. The number of aryl methyl sites for hydroxylation is 2. The van der Waals surface area contributed by atoms with Crippen LogP contribution >= 0.6 is 0 Å². The molecule has 0 aliphatic rings. The van der Waals surface area contributed by atoms with E-state index in [0.717, 1.165) is 48.1 Å². The zero-order valence-corrected chi connectivity index (χ0v) is 19.5. The minimum atomic E-state index is -0.371. The maximum absolute atomic E-state index is 14.3. The van der Waals surface area contributed by atoms with Gasteiger partial charge in [-0.15, -0.1) is 0 Å². The van der Waals surface area contributed by atoms with Crippen molar-refractivity contribution in [2.24, 2.45) is 0 Å². The lowest BCUT2D eigenvalue weighted by Gasteiger charge is -2.03. The lowest BCUT2D eigenvalue weighted by Crippen LogP contribution is -2.03. The Morgan fingerprint density at radius 2 is 1.88 bits per heavy atom. The molecule has 0 fully saturated rings. The Hall–Kier alpha value is -4.19. The van der Waals surface area contributed by atoms with Crippen molar-refractivity contribution >= 4 is 16.9 Å². The van der Waals surface area contributed by atoms with Crippen LogP contribution in [0, 0.1) is 31.0 Å². The summed E-state index contributed by atoms with van der Waals surface area (Å²) < 4.78 is 17.6. The fraction of sp³-hybridized carbons (Fsp3) is 0.280. The number of nitrogens with two attached hydrogens (primary N) is 1. The van der Waals surface area contributed by atoms with Gasteiger partial charge in [-0.1, -0.05) is 31.9 Å². The maximum Gasteiger partial charge on any atom is 0.167 e. The summed E-state index contributed by atoms with van der Waals surface area (Å²) in [6.45, 7) is 6.13. The number of hydrogen-bond acceptors (Lipinski definition) is 5. The highest BCUT2D eigenvalue weighted by molar-refractivity contribution is 5.91. The molecule has 3 aromatic heterocycles. The second kappa shape index (κ2) is 9.75. The Kier molecular flexibility index (Phi) is 6.59. The molecule has 0 aliphatic heterocycles. The van der Waals surface area contributed by atoms with Crippen molar-refractivity contribution in [2.75, 3.05) is 5.73 Å². The van der Waals surface area contributed by atoms with Crippen molar-refractivity contribution < 1.29 is 4.39 Å². The van der Waals surface area contributed by atoms with Gasteiger partial charge in [0.15, 0.2) is 11.6 Å². The van der Waals surface area contributed by atoms with E-state index in [9.17, 15) is 4.39 Å². The number of unbranched alkanes of at least 4 members (excludes halogenated alkanes) is 2. The van der Waals surface area contributed by atoms with E-state index in [4.69, 9.17) is 16.1 Å². The summed E-state index contributed by atoms with van der Waals surface area (Å²) in [5.74, 6) is 0.352. The molecule has 0 saturated carbocycles. The fourth-order valence-electron chi connectivity index (χ4n) is 3.85. The molecule has 3 N–H and O–H groups in total. The topological polar surface area (TPSA) is 114 Å². The molecule has 4 rings (SSSR count). The molecule has 0 saturated heterocycles. The van der Waals surface area contributed by atoms with E-state index in [-0.39, 0.29) is 5.82 Å². The van der Waals surface area contributed by atoms with Crippen LogP contribution in [0.5, 0.6) is 0 Å². The molecule has 0 aliphatic carbocycles. The van der Waals surface area contributed by atoms with Crippen molar-refractivity contribution in [3.63, 3.8) is 0 Å². The van der Waals surface area contributed by atoms with Crippen LogP contribution < -0.4 is 5.73 Å². The standard InChI is InChI=1S/C25H27FN8/c1-4-5-6-13-33-25-20(24(32-33)19-9-7-18(15-27)8-10-19)11-12-29-22(14-21(28)30-25)34-17(3)23(26)16(2)31-34/h7-12,14,30H,4-6,13,28H2,1-3H3. The number of nitrogens with one attached hydrogen (secondary N) is 1. The van der Waals surface area contributed by atoms with E-state index in [0.29, 0.717) is 28.6 Å². The largest absolute Gasteiger partial charge is 0.385 e. The van der Waals surface area contributed by atoms with E-state index in [1.807, 2.05) is 22.9 Å². The van der Waals surface area contributed by atoms with Gasteiger partial charge in [-0.25, -0.2) is 18.7 Å². The van der Waals surface area contributed by atoms with Crippen LogP contribution in [0.1, 0.15) is 43.1 Å². The third-order valence-electron chi connectivity index (χ3n) is 5.67. The maximum atomic E-state index is 14.3. The quantitative estimate of drug-likeness (QED) is 0.389. The van der Waals surface area contributed by atoms with Gasteiger partial charge in [-0.3, -0.25) is 0 Å². The smallest absolute Gasteiger partial charge is 0.167 e. The van der Waals surface area contributed by atoms with Crippen LogP contribution in [0.25, 0.3) is 28.1 Å². The summed E-state index contributed by atoms with van der Waals surface area (Å²) in [6, 6.07) is 12.9. The molecule has 0 amide bonds. The van der Waals surface area contributed by atoms with Gasteiger partial charge in [0.05, 0.1) is 23.0 Å². The van der Waals surface area contributed by atoms with Crippen molar-refractivity contribution in [1.82, 2.24) is 29.5 Å². The highest BCUT2D eigenvalue weighted by Crippen LogP contribution is 2.27. The predicted octanol–water partition coefficient (Wildman–Crippen LogP) is 5.14. The number of halogens is 1. The van der Waals surface area contributed by atoms with Gasteiger partial charge in [0.2, 0.25) is 0 Å². The monoisotopic (exact) mass is 458 g/mol. The number of nitrogens with zero attached hydrogens (tertiary/aromatic N) is 6. The average molecular weight is 459 g/mol. The number of aromatic amines is 1. The fourth-order valence-corrected chi connectivity index (χ4v) is 3.85. The molecular formula is C25H27FN8. The first-order valence-corrected chi connectivity index (χ1v) is 11.2. The van der Waals surface area contributed by atoms with E-state index < -0.39 is 0 Å². The minimum absolute atomic E-state index is 0.293. The summed E-state index contributed by atoms with van der Waals surface area (Å²) in [5.41, 5.74) is 9.96. The second-order valence-corrected chi connectivity index (χ2v) is 8.15. The minimum Gasteiger partial charge on any atom is -0.385 e. The van der Waals surface area contributed by atoms with Crippen LogP contribution in [-0.4, -0.2) is 29.5 Å². The molecule has 0 unspecified atom stereocenters. The third kappa shape index (κ3) is 4.48. The highest BCUT2D eigenvalue weighted by Gasteiger charge is 2.15. The van der Waals surface area contributed by atoms with Gasteiger partial charge in [-0.05, 0) is 38.5 Å². The molecule has 4 aromatic rings. The number of rotatable bonds is 6. The Morgan fingerprint density at radius 3 is 2.53 bits per heavy atom. The highest BCUT2D eigenvalue weighted by atomic mass is 19.1. The van der Waals surface area contributed by atoms with Crippen LogP contribution in [0.15, 0.2) is 42.6 Å². The number of nitrogen functional groups attached to an aromatic ring is 1. The van der Waals surface area contributed by atoms with Gasteiger partial charge in [0.1, 0.15) is 17.2 Å². The second-order valence-electron chi connectivity index (χ2n) is 8.15. The lowest BCUT2D eigenvalue weighted by molar-refractivity contribution is 0.565. The molecule has 0 atom stereocenters. The number of hydrogen-bond donors (Lipinski definition) is 2. The zero-order valence-electron chi connectivity index (χ0n) is 19.5. The van der Waals surface area contributed by atoms with Crippen molar-refractivity contribution in [1.29, 1.82) is 5.26 Å². The van der Waals surface area contributed by atoms with Gasteiger partial charge in [0, 0.05) is 29.8 Å². The SMILES string of the molecule is CCCCCn1nc(-c2ccc(C#N)cc2)c2ccnc(-n3nc(C)c(F)c3C)cc(N)[nH]c21. The Balaban J connectivity index is 1.94. The van der Waals surface area contributed by atoms with Gasteiger partial charge < -0.3 is 10.7 Å². The van der Waals surface area contributed by atoms with Crippen molar-refractivity contribution in [2.45, 2.75) is 46.6 Å². The van der Waals surface area contributed by atoms with Crippen LogP contribution in [0.4, 0.5) is 10.2 Å². The van der Waals surface area contributed by atoms with Gasteiger partial charge in [-0.2, -0.15) is 15.5 Å². The predicted molar refractivity (Wildman–Crippen MR) is 130 cm³/mol. The summed E-state index contributed by atoms with van der Waals surface area (Å²) in [7, 11) is 0. The summed E-state index contributed by atoms with van der Waals surface area (Å²) in [6.07, 6.45) is 4.79. The summed E-state index contributed by atoms with van der Waals surface area (Å²) in [4.78, 5) is 7.79. The molecule has 0 bridgehead atoms.